The first-order chi connectivity index (χ1) is 9.74. The molecule has 0 saturated heterocycles. The van der Waals surface area contributed by atoms with Gasteiger partial charge in [-0.15, -0.1) is 0 Å². The summed E-state index contributed by atoms with van der Waals surface area (Å²) in [5.41, 5.74) is 2.48. The number of hydrogen-bond donors (Lipinski definition) is 0. The van der Waals surface area contributed by atoms with Crippen LogP contribution in [0.25, 0.3) is 0 Å². The van der Waals surface area contributed by atoms with Gasteiger partial charge in [0.25, 0.3) is 0 Å². The van der Waals surface area contributed by atoms with Gasteiger partial charge in [0.2, 0.25) is 0 Å². The monoisotopic (exact) mass is 269 g/mol. The highest BCUT2D eigenvalue weighted by Gasteiger charge is 2.08. The maximum atomic E-state index is 4.43. The van der Waals surface area contributed by atoms with Crippen molar-refractivity contribution >= 4 is 0 Å². The summed E-state index contributed by atoms with van der Waals surface area (Å²) in [5.74, 6) is 0. The fourth-order valence-electron chi connectivity index (χ4n) is 2.12. The zero-order valence-corrected chi connectivity index (χ0v) is 12.4. The first-order valence-electron chi connectivity index (χ1n) is 7.05. The highest BCUT2D eigenvalue weighted by atomic mass is 15.2. The van der Waals surface area contributed by atoms with E-state index in [4.69, 9.17) is 0 Å². The number of pyridine rings is 1. The molecular weight excluding hydrogens is 246 g/mol. The Morgan fingerprint density at radius 2 is 1.60 bits per heavy atom. The SMILES string of the molecule is CN(C)CCN(Cc1ccccc1)Cc1ccccn1. The summed E-state index contributed by atoms with van der Waals surface area (Å²) in [5, 5.41) is 0. The normalized spacial score (nSPS) is 11.2. The van der Waals surface area contributed by atoms with Crippen LogP contribution in [0.5, 0.6) is 0 Å². The van der Waals surface area contributed by atoms with Crippen LogP contribution >= 0.6 is 0 Å². The number of hydrogen-bond acceptors (Lipinski definition) is 3. The zero-order chi connectivity index (χ0) is 14.2. The van der Waals surface area contributed by atoms with Gasteiger partial charge in [0.1, 0.15) is 0 Å². The Kier molecular flexibility index (Phi) is 5.71. The van der Waals surface area contributed by atoms with Crippen molar-refractivity contribution in [3.63, 3.8) is 0 Å². The molecule has 0 spiro atoms. The molecule has 1 aromatic heterocycles. The van der Waals surface area contributed by atoms with E-state index in [-0.39, 0.29) is 0 Å². The van der Waals surface area contributed by atoms with Gasteiger partial charge in [-0.1, -0.05) is 36.4 Å². The van der Waals surface area contributed by atoms with E-state index >= 15 is 0 Å². The van der Waals surface area contributed by atoms with Crippen molar-refractivity contribution in [2.24, 2.45) is 0 Å². The molecule has 0 saturated carbocycles. The van der Waals surface area contributed by atoms with Gasteiger partial charge >= 0.3 is 0 Å². The maximum absolute atomic E-state index is 4.43. The van der Waals surface area contributed by atoms with Crippen LogP contribution in [0.15, 0.2) is 54.7 Å². The predicted molar refractivity (Wildman–Crippen MR) is 83.3 cm³/mol. The molecule has 0 N–H and O–H groups in total. The summed E-state index contributed by atoms with van der Waals surface area (Å²) in [4.78, 5) is 9.09. The van der Waals surface area contributed by atoms with Crippen molar-refractivity contribution < 1.29 is 0 Å². The second kappa shape index (κ2) is 7.78. The van der Waals surface area contributed by atoms with Crippen LogP contribution in [-0.2, 0) is 13.1 Å². The first kappa shape index (κ1) is 14.7. The molecule has 0 amide bonds. The van der Waals surface area contributed by atoms with Crippen LogP contribution in [0, 0.1) is 0 Å². The van der Waals surface area contributed by atoms with E-state index < -0.39 is 0 Å². The summed E-state index contributed by atoms with van der Waals surface area (Å²) in [7, 11) is 4.23. The van der Waals surface area contributed by atoms with Crippen molar-refractivity contribution in [3.05, 3.63) is 66.0 Å². The molecule has 3 heteroatoms. The first-order valence-corrected chi connectivity index (χ1v) is 7.05. The van der Waals surface area contributed by atoms with Crippen LogP contribution in [0.2, 0.25) is 0 Å². The molecule has 0 aliphatic rings. The standard InChI is InChI=1S/C17H23N3/c1-19(2)12-13-20(14-16-8-4-3-5-9-16)15-17-10-6-7-11-18-17/h3-11H,12-15H2,1-2H3. The molecule has 0 bridgehead atoms. The van der Waals surface area contributed by atoms with E-state index in [1.807, 2.05) is 12.3 Å². The third-order valence-electron chi connectivity index (χ3n) is 3.22. The summed E-state index contributed by atoms with van der Waals surface area (Å²) >= 11 is 0. The molecule has 20 heavy (non-hydrogen) atoms. The minimum atomic E-state index is 0.892. The van der Waals surface area contributed by atoms with Gasteiger partial charge < -0.3 is 4.90 Å². The predicted octanol–water partition coefficient (Wildman–Crippen LogP) is 2.65. The molecule has 0 unspecified atom stereocenters. The number of nitrogens with zero attached hydrogens (tertiary/aromatic N) is 3. The van der Waals surface area contributed by atoms with Gasteiger partial charge in [-0.3, -0.25) is 9.88 Å². The van der Waals surface area contributed by atoms with Crippen LogP contribution in [-0.4, -0.2) is 42.0 Å². The molecule has 2 rings (SSSR count). The van der Waals surface area contributed by atoms with Gasteiger partial charge in [0.05, 0.1) is 5.69 Å². The van der Waals surface area contributed by atoms with E-state index in [1.54, 1.807) is 0 Å². The number of aromatic nitrogens is 1. The van der Waals surface area contributed by atoms with E-state index in [0.717, 1.165) is 31.9 Å². The Balaban J connectivity index is 2.00. The Bertz CT molecular complexity index is 441. The molecule has 2 aromatic rings. The van der Waals surface area contributed by atoms with Gasteiger partial charge in [-0.2, -0.15) is 0 Å². The van der Waals surface area contributed by atoms with E-state index in [1.165, 1.54) is 5.56 Å². The van der Waals surface area contributed by atoms with Crippen LogP contribution in [0.4, 0.5) is 0 Å². The highest BCUT2D eigenvalue weighted by Crippen LogP contribution is 2.08. The molecule has 0 aliphatic heterocycles. The van der Waals surface area contributed by atoms with Gasteiger partial charge in [-0.05, 0) is 31.8 Å². The van der Waals surface area contributed by atoms with E-state index in [0.29, 0.717) is 0 Å². The van der Waals surface area contributed by atoms with Crippen molar-refractivity contribution in [1.29, 1.82) is 0 Å². The lowest BCUT2D eigenvalue weighted by Crippen LogP contribution is -2.31. The molecule has 3 nitrogen and oxygen atoms in total. The zero-order valence-electron chi connectivity index (χ0n) is 12.4. The molecular formula is C17H23N3. The van der Waals surface area contributed by atoms with Gasteiger partial charge in [-0.25, -0.2) is 0 Å². The van der Waals surface area contributed by atoms with E-state index in [9.17, 15) is 0 Å². The van der Waals surface area contributed by atoms with Crippen molar-refractivity contribution in [1.82, 2.24) is 14.8 Å². The molecule has 106 valence electrons. The van der Waals surface area contributed by atoms with Crippen molar-refractivity contribution in [2.45, 2.75) is 13.1 Å². The molecule has 0 atom stereocenters. The third kappa shape index (κ3) is 5.11. The number of likely N-dealkylation sites (N-methyl/N-ethyl adjacent to an activating group) is 1. The van der Waals surface area contributed by atoms with Gasteiger partial charge in [0.15, 0.2) is 0 Å². The summed E-state index contributed by atoms with van der Waals surface area (Å²) in [6.45, 7) is 3.95. The largest absolute Gasteiger partial charge is 0.308 e. The second-order valence-corrected chi connectivity index (χ2v) is 5.32. The number of benzene rings is 1. The van der Waals surface area contributed by atoms with Crippen LogP contribution < -0.4 is 0 Å². The lowest BCUT2D eigenvalue weighted by Gasteiger charge is -2.24. The lowest BCUT2D eigenvalue weighted by atomic mass is 10.2. The quantitative estimate of drug-likeness (QED) is 0.770. The fraction of sp³-hybridized carbons (Fsp3) is 0.353. The summed E-state index contributed by atoms with van der Waals surface area (Å²) in [6.07, 6.45) is 1.86. The smallest absolute Gasteiger partial charge is 0.0544 e. The van der Waals surface area contributed by atoms with E-state index in [2.05, 4.69) is 71.3 Å². The highest BCUT2D eigenvalue weighted by molar-refractivity contribution is 5.14. The molecule has 0 fully saturated rings. The minimum Gasteiger partial charge on any atom is -0.308 e. The Morgan fingerprint density at radius 3 is 2.25 bits per heavy atom. The third-order valence-corrected chi connectivity index (χ3v) is 3.22. The van der Waals surface area contributed by atoms with Crippen molar-refractivity contribution in [3.8, 4) is 0 Å². The Hall–Kier alpha value is -1.71. The summed E-state index contributed by atoms with van der Waals surface area (Å²) < 4.78 is 0. The molecule has 0 radical (unpaired) electrons. The molecule has 1 aromatic carbocycles. The topological polar surface area (TPSA) is 19.4 Å². The van der Waals surface area contributed by atoms with Gasteiger partial charge in [0, 0.05) is 32.4 Å². The van der Waals surface area contributed by atoms with Crippen LogP contribution in [0.3, 0.4) is 0 Å². The fourth-order valence-corrected chi connectivity index (χ4v) is 2.12. The molecule has 0 aliphatic carbocycles. The van der Waals surface area contributed by atoms with Crippen molar-refractivity contribution in [2.75, 3.05) is 27.2 Å². The Morgan fingerprint density at radius 1 is 0.850 bits per heavy atom. The minimum absolute atomic E-state index is 0.892. The maximum Gasteiger partial charge on any atom is 0.0544 e. The molecule has 1 heterocycles. The van der Waals surface area contributed by atoms with Crippen LogP contribution in [0.1, 0.15) is 11.3 Å². The second-order valence-electron chi connectivity index (χ2n) is 5.32. The summed E-state index contributed by atoms with van der Waals surface area (Å²) in [6, 6.07) is 16.7. The lowest BCUT2D eigenvalue weighted by molar-refractivity contribution is 0.224. The average Bonchev–Trinajstić information content (AvgIpc) is 2.47. The average molecular weight is 269 g/mol. The Labute approximate surface area is 121 Å². The number of rotatable bonds is 7.